The monoisotopic (exact) mass is 340 g/mol. The predicted molar refractivity (Wildman–Crippen MR) is 80.5 cm³/mol. The molecule has 19 heavy (non-hydrogen) atoms. The van der Waals surface area contributed by atoms with Gasteiger partial charge in [-0.2, -0.15) is 0 Å². The summed E-state index contributed by atoms with van der Waals surface area (Å²) in [5.74, 6) is 0. The van der Waals surface area contributed by atoms with Gasteiger partial charge in [0, 0.05) is 10.2 Å². The largest absolute Gasteiger partial charge is 0.398 e. The van der Waals surface area contributed by atoms with Crippen LogP contribution in [0.15, 0.2) is 51.8 Å². The summed E-state index contributed by atoms with van der Waals surface area (Å²) >= 11 is 3.26. The molecule has 0 amide bonds. The molecule has 0 unspecified atom stereocenters. The van der Waals surface area contributed by atoms with Gasteiger partial charge in [0.1, 0.15) is 0 Å². The summed E-state index contributed by atoms with van der Waals surface area (Å²) in [5, 5.41) is 0. The van der Waals surface area contributed by atoms with E-state index < -0.39 is 10.0 Å². The minimum absolute atomic E-state index is 0.222. The van der Waals surface area contributed by atoms with Gasteiger partial charge in [0.05, 0.1) is 10.6 Å². The number of hydrogen-bond donors (Lipinski definition) is 2. The molecule has 0 saturated heterocycles. The molecule has 0 radical (unpaired) electrons. The lowest BCUT2D eigenvalue weighted by molar-refractivity contribution is 0.601. The fraction of sp³-hybridized carbons (Fsp3) is 0.0769. The normalized spacial score (nSPS) is 11.3. The molecular weight excluding hydrogens is 328 g/mol. The summed E-state index contributed by atoms with van der Waals surface area (Å²) < 4.78 is 27.5. The van der Waals surface area contributed by atoms with Crippen LogP contribution < -0.4 is 10.5 Å². The SMILES string of the molecule is Cc1ccc(S(=O)(=O)Nc2ccc(Br)c(N)c2)cc1. The minimum Gasteiger partial charge on any atom is -0.398 e. The number of hydrogen-bond acceptors (Lipinski definition) is 3. The van der Waals surface area contributed by atoms with Crippen LogP contribution in [-0.2, 0) is 10.0 Å². The first kappa shape index (κ1) is 13.9. The van der Waals surface area contributed by atoms with Crippen molar-refractivity contribution in [1.29, 1.82) is 0 Å². The number of sulfonamides is 1. The van der Waals surface area contributed by atoms with Gasteiger partial charge in [-0.05, 0) is 53.2 Å². The summed E-state index contributed by atoms with van der Waals surface area (Å²) in [6, 6.07) is 11.6. The van der Waals surface area contributed by atoms with Crippen molar-refractivity contribution in [1.82, 2.24) is 0 Å². The molecule has 2 rings (SSSR count). The molecule has 0 aliphatic heterocycles. The number of nitrogens with two attached hydrogens (primary N) is 1. The van der Waals surface area contributed by atoms with Crippen LogP contribution in [0.5, 0.6) is 0 Å². The van der Waals surface area contributed by atoms with Crippen LogP contribution >= 0.6 is 15.9 Å². The third kappa shape index (κ3) is 3.27. The number of aryl methyl sites for hydroxylation is 1. The second-order valence-corrected chi connectivity index (χ2v) is 6.69. The molecule has 0 spiro atoms. The molecule has 0 aromatic heterocycles. The number of nitrogen functional groups attached to an aromatic ring is 1. The van der Waals surface area contributed by atoms with Gasteiger partial charge in [0.25, 0.3) is 10.0 Å². The zero-order valence-electron chi connectivity index (χ0n) is 10.2. The molecule has 4 nitrogen and oxygen atoms in total. The van der Waals surface area contributed by atoms with E-state index >= 15 is 0 Å². The summed E-state index contributed by atoms with van der Waals surface area (Å²) in [7, 11) is -3.58. The lowest BCUT2D eigenvalue weighted by atomic mass is 10.2. The van der Waals surface area contributed by atoms with Gasteiger partial charge in [-0.15, -0.1) is 0 Å². The van der Waals surface area contributed by atoms with Gasteiger partial charge in [-0.3, -0.25) is 4.72 Å². The van der Waals surface area contributed by atoms with E-state index in [0.29, 0.717) is 11.4 Å². The van der Waals surface area contributed by atoms with Crippen LogP contribution in [0.25, 0.3) is 0 Å². The third-order valence-electron chi connectivity index (χ3n) is 2.58. The Morgan fingerprint density at radius 1 is 1.11 bits per heavy atom. The maximum absolute atomic E-state index is 12.1. The first-order valence-corrected chi connectivity index (χ1v) is 7.80. The highest BCUT2D eigenvalue weighted by Gasteiger charge is 2.14. The lowest BCUT2D eigenvalue weighted by Gasteiger charge is -2.09. The first-order valence-electron chi connectivity index (χ1n) is 5.53. The van der Waals surface area contributed by atoms with Gasteiger partial charge >= 0.3 is 0 Å². The molecule has 2 aromatic carbocycles. The molecular formula is C13H13BrN2O2S. The van der Waals surface area contributed by atoms with E-state index in [1.807, 2.05) is 6.92 Å². The molecule has 2 aromatic rings. The van der Waals surface area contributed by atoms with Crippen molar-refractivity contribution in [2.24, 2.45) is 0 Å². The molecule has 0 saturated carbocycles. The van der Waals surface area contributed by atoms with Gasteiger partial charge in [-0.1, -0.05) is 17.7 Å². The molecule has 0 fully saturated rings. The highest BCUT2D eigenvalue weighted by atomic mass is 79.9. The Bertz CT molecular complexity index is 697. The first-order chi connectivity index (χ1) is 8.88. The minimum atomic E-state index is -3.58. The second kappa shape index (κ2) is 5.22. The highest BCUT2D eigenvalue weighted by molar-refractivity contribution is 9.10. The van der Waals surface area contributed by atoms with Crippen molar-refractivity contribution in [3.63, 3.8) is 0 Å². The van der Waals surface area contributed by atoms with E-state index in [-0.39, 0.29) is 4.90 Å². The molecule has 6 heteroatoms. The number of halogens is 1. The Morgan fingerprint density at radius 3 is 2.32 bits per heavy atom. The highest BCUT2D eigenvalue weighted by Crippen LogP contribution is 2.24. The van der Waals surface area contributed by atoms with Crippen LogP contribution in [0, 0.1) is 6.92 Å². The second-order valence-electron chi connectivity index (χ2n) is 4.15. The van der Waals surface area contributed by atoms with E-state index in [0.717, 1.165) is 10.0 Å². The number of benzene rings is 2. The van der Waals surface area contributed by atoms with E-state index in [1.165, 1.54) is 0 Å². The molecule has 0 aliphatic rings. The van der Waals surface area contributed by atoms with Crippen molar-refractivity contribution in [2.75, 3.05) is 10.5 Å². The Hall–Kier alpha value is -1.53. The zero-order chi connectivity index (χ0) is 14.0. The quantitative estimate of drug-likeness (QED) is 0.843. The maximum atomic E-state index is 12.1. The van der Waals surface area contributed by atoms with Gasteiger partial charge < -0.3 is 5.73 Å². The van der Waals surface area contributed by atoms with Crippen molar-refractivity contribution in [3.8, 4) is 0 Å². The van der Waals surface area contributed by atoms with Crippen LogP contribution in [0.3, 0.4) is 0 Å². The van der Waals surface area contributed by atoms with E-state index in [2.05, 4.69) is 20.7 Å². The fourth-order valence-electron chi connectivity index (χ4n) is 1.54. The lowest BCUT2D eigenvalue weighted by Crippen LogP contribution is -2.13. The maximum Gasteiger partial charge on any atom is 0.261 e. The molecule has 0 atom stereocenters. The zero-order valence-corrected chi connectivity index (χ0v) is 12.6. The number of rotatable bonds is 3. The van der Waals surface area contributed by atoms with Crippen molar-refractivity contribution in [2.45, 2.75) is 11.8 Å². The average molecular weight is 341 g/mol. The van der Waals surface area contributed by atoms with Crippen molar-refractivity contribution >= 4 is 37.3 Å². The standard InChI is InChI=1S/C13H13BrN2O2S/c1-9-2-5-11(6-3-9)19(17,18)16-10-4-7-12(14)13(15)8-10/h2-8,16H,15H2,1H3. The van der Waals surface area contributed by atoms with E-state index in [4.69, 9.17) is 5.73 Å². The third-order valence-corrected chi connectivity index (χ3v) is 4.70. The molecule has 0 aliphatic carbocycles. The van der Waals surface area contributed by atoms with Crippen molar-refractivity contribution in [3.05, 3.63) is 52.5 Å². The average Bonchev–Trinajstić information content (AvgIpc) is 2.34. The topological polar surface area (TPSA) is 72.2 Å². The Labute approximate surface area is 120 Å². The Kier molecular flexibility index (Phi) is 3.82. The van der Waals surface area contributed by atoms with Crippen LogP contribution in [0.2, 0.25) is 0 Å². The summed E-state index contributed by atoms with van der Waals surface area (Å²) in [6.45, 7) is 1.90. The molecule has 100 valence electrons. The Morgan fingerprint density at radius 2 is 1.74 bits per heavy atom. The predicted octanol–water partition coefficient (Wildman–Crippen LogP) is 3.14. The van der Waals surface area contributed by atoms with Crippen LogP contribution in [0.4, 0.5) is 11.4 Å². The summed E-state index contributed by atoms with van der Waals surface area (Å²) in [6.07, 6.45) is 0. The summed E-state index contributed by atoms with van der Waals surface area (Å²) in [5.41, 5.74) is 7.63. The van der Waals surface area contributed by atoms with Crippen LogP contribution in [-0.4, -0.2) is 8.42 Å². The van der Waals surface area contributed by atoms with E-state index in [1.54, 1.807) is 42.5 Å². The van der Waals surface area contributed by atoms with E-state index in [9.17, 15) is 8.42 Å². The number of nitrogens with one attached hydrogen (secondary N) is 1. The fourth-order valence-corrected chi connectivity index (χ4v) is 2.83. The smallest absolute Gasteiger partial charge is 0.261 e. The van der Waals surface area contributed by atoms with Gasteiger partial charge in [-0.25, -0.2) is 8.42 Å². The molecule has 3 N–H and O–H groups in total. The summed E-state index contributed by atoms with van der Waals surface area (Å²) in [4.78, 5) is 0.222. The van der Waals surface area contributed by atoms with Gasteiger partial charge in [0.15, 0.2) is 0 Å². The van der Waals surface area contributed by atoms with Gasteiger partial charge in [0.2, 0.25) is 0 Å². The van der Waals surface area contributed by atoms with Crippen LogP contribution in [0.1, 0.15) is 5.56 Å². The Balaban J connectivity index is 2.30. The van der Waals surface area contributed by atoms with Crippen molar-refractivity contribution < 1.29 is 8.42 Å². The molecule has 0 bridgehead atoms. The number of anilines is 2. The molecule has 0 heterocycles.